The van der Waals surface area contributed by atoms with Crippen LogP contribution in [0.4, 0.5) is 4.79 Å². The summed E-state index contributed by atoms with van der Waals surface area (Å²) in [5, 5.41) is 1.25. The summed E-state index contributed by atoms with van der Waals surface area (Å²) >= 11 is 0. The van der Waals surface area contributed by atoms with Crippen molar-refractivity contribution in [1.82, 2.24) is 5.06 Å². The number of hydrogen-bond donors (Lipinski definition) is 0. The van der Waals surface area contributed by atoms with Crippen LogP contribution in [0.15, 0.2) is 0 Å². The number of ether oxygens (including phenoxy) is 1. The van der Waals surface area contributed by atoms with E-state index in [1.165, 1.54) is 5.06 Å². The molecule has 1 fully saturated rings. The lowest BCUT2D eigenvalue weighted by atomic mass is 10.5. The van der Waals surface area contributed by atoms with Gasteiger partial charge in [-0.15, -0.1) is 0 Å². The average molecular weight is 145 g/mol. The third kappa shape index (κ3) is 1.60. The summed E-state index contributed by atoms with van der Waals surface area (Å²) in [4.78, 5) is 15.8. The number of hydrogen-bond acceptors (Lipinski definition) is 3. The van der Waals surface area contributed by atoms with Gasteiger partial charge in [0.1, 0.15) is 0 Å². The second-order valence-corrected chi connectivity index (χ2v) is 1.99. The molecule has 0 aromatic heterocycles. The number of carbonyl (C=O) groups is 1. The molecule has 1 saturated heterocycles. The van der Waals surface area contributed by atoms with E-state index >= 15 is 0 Å². The zero-order valence-electron chi connectivity index (χ0n) is 6.00. The summed E-state index contributed by atoms with van der Waals surface area (Å²) in [7, 11) is 0. The van der Waals surface area contributed by atoms with E-state index < -0.39 is 0 Å². The molecule has 0 radical (unpaired) electrons. The third-order valence-corrected chi connectivity index (χ3v) is 1.22. The van der Waals surface area contributed by atoms with Crippen molar-refractivity contribution in [2.75, 3.05) is 19.8 Å². The molecule has 0 bridgehead atoms. The molecule has 1 aliphatic heterocycles. The van der Waals surface area contributed by atoms with Crippen LogP contribution in [-0.4, -0.2) is 30.9 Å². The van der Waals surface area contributed by atoms with Crippen LogP contribution in [0, 0.1) is 0 Å². The van der Waals surface area contributed by atoms with Gasteiger partial charge in [-0.1, -0.05) is 0 Å². The largest absolute Gasteiger partial charge is 0.448 e. The molecular formula is C6H11NO3. The predicted molar refractivity (Wildman–Crippen MR) is 34.3 cm³/mol. The van der Waals surface area contributed by atoms with Crippen molar-refractivity contribution >= 4 is 6.09 Å². The van der Waals surface area contributed by atoms with Gasteiger partial charge >= 0.3 is 6.09 Å². The van der Waals surface area contributed by atoms with Crippen LogP contribution in [0.5, 0.6) is 0 Å². The first kappa shape index (κ1) is 7.34. The maximum atomic E-state index is 10.8. The Morgan fingerprint density at radius 3 is 3.10 bits per heavy atom. The van der Waals surface area contributed by atoms with Gasteiger partial charge in [0.2, 0.25) is 0 Å². The van der Waals surface area contributed by atoms with E-state index in [1.54, 1.807) is 6.92 Å². The van der Waals surface area contributed by atoms with Crippen molar-refractivity contribution in [1.29, 1.82) is 0 Å². The van der Waals surface area contributed by atoms with Gasteiger partial charge in [-0.2, -0.15) is 5.06 Å². The molecule has 0 aliphatic carbocycles. The fraction of sp³-hybridized carbons (Fsp3) is 0.833. The Bertz CT molecular complexity index is 120. The highest BCUT2D eigenvalue weighted by Crippen LogP contribution is 2.05. The van der Waals surface area contributed by atoms with Crippen LogP contribution in [0.25, 0.3) is 0 Å². The first-order valence-electron chi connectivity index (χ1n) is 3.42. The zero-order valence-corrected chi connectivity index (χ0v) is 6.00. The van der Waals surface area contributed by atoms with E-state index in [0.717, 1.165) is 6.42 Å². The van der Waals surface area contributed by atoms with Crippen molar-refractivity contribution in [3.63, 3.8) is 0 Å². The number of amides is 1. The molecule has 58 valence electrons. The topological polar surface area (TPSA) is 38.8 Å². The predicted octanol–water partition coefficient (Wildman–Crippen LogP) is 0.780. The van der Waals surface area contributed by atoms with Gasteiger partial charge in [-0.05, 0) is 13.3 Å². The van der Waals surface area contributed by atoms with Crippen molar-refractivity contribution in [2.24, 2.45) is 0 Å². The summed E-state index contributed by atoms with van der Waals surface area (Å²) in [5.74, 6) is 0. The standard InChI is InChI=1S/C6H11NO3/c1-2-9-6(8)7-4-3-5-10-7/h2-5H2,1H3. The van der Waals surface area contributed by atoms with E-state index in [4.69, 9.17) is 4.84 Å². The zero-order chi connectivity index (χ0) is 7.40. The number of nitrogens with zero attached hydrogens (tertiary/aromatic N) is 1. The lowest BCUT2D eigenvalue weighted by Gasteiger charge is -2.11. The van der Waals surface area contributed by atoms with Gasteiger partial charge in [-0.3, -0.25) is 4.84 Å². The lowest BCUT2D eigenvalue weighted by Crippen LogP contribution is -2.27. The molecule has 10 heavy (non-hydrogen) atoms. The average Bonchev–Trinajstić information content (AvgIpc) is 2.38. The van der Waals surface area contributed by atoms with Crippen molar-refractivity contribution in [2.45, 2.75) is 13.3 Å². The molecule has 0 unspecified atom stereocenters. The number of carbonyl (C=O) groups excluding carboxylic acids is 1. The third-order valence-electron chi connectivity index (χ3n) is 1.22. The van der Waals surface area contributed by atoms with Crippen LogP contribution in [0.2, 0.25) is 0 Å². The molecule has 0 saturated carbocycles. The first-order valence-corrected chi connectivity index (χ1v) is 3.42. The smallest absolute Gasteiger partial charge is 0.433 e. The van der Waals surface area contributed by atoms with Crippen molar-refractivity contribution in [3.8, 4) is 0 Å². The van der Waals surface area contributed by atoms with Crippen LogP contribution < -0.4 is 0 Å². The molecule has 0 N–H and O–H groups in total. The van der Waals surface area contributed by atoms with Gasteiger partial charge in [0.25, 0.3) is 0 Å². The molecule has 0 aromatic carbocycles. The minimum atomic E-state index is -0.375. The highest BCUT2D eigenvalue weighted by atomic mass is 16.7. The van der Waals surface area contributed by atoms with E-state index in [0.29, 0.717) is 19.8 Å². The highest BCUT2D eigenvalue weighted by Gasteiger charge is 2.19. The minimum absolute atomic E-state index is 0.375. The fourth-order valence-electron chi connectivity index (χ4n) is 0.787. The van der Waals surface area contributed by atoms with Gasteiger partial charge in [0.05, 0.1) is 19.8 Å². The SMILES string of the molecule is CCOC(=O)N1CCCO1. The molecular weight excluding hydrogens is 134 g/mol. The van der Waals surface area contributed by atoms with Crippen LogP contribution in [-0.2, 0) is 9.57 Å². The Kier molecular flexibility index (Phi) is 2.50. The molecule has 0 aromatic rings. The molecule has 1 rings (SSSR count). The molecule has 4 heteroatoms. The maximum absolute atomic E-state index is 10.8. The van der Waals surface area contributed by atoms with Gasteiger partial charge in [0, 0.05) is 0 Å². The Balaban J connectivity index is 2.25. The second kappa shape index (κ2) is 3.41. The van der Waals surface area contributed by atoms with Crippen LogP contribution in [0.3, 0.4) is 0 Å². The molecule has 4 nitrogen and oxygen atoms in total. The summed E-state index contributed by atoms with van der Waals surface area (Å²) in [6.07, 6.45) is 0.527. The molecule has 0 atom stereocenters. The van der Waals surface area contributed by atoms with E-state index in [2.05, 4.69) is 4.74 Å². The molecule has 0 spiro atoms. The van der Waals surface area contributed by atoms with Crippen LogP contribution >= 0.6 is 0 Å². The minimum Gasteiger partial charge on any atom is -0.448 e. The second-order valence-electron chi connectivity index (χ2n) is 1.99. The molecule has 1 aliphatic rings. The Labute approximate surface area is 59.7 Å². The van der Waals surface area contributed by atoms with E-state index in [-0.39, 0.29) is 6.09 Å². The maximum Gasteiger partial charge on any atom is 0.433 e. The van der Waals surface area contributed by atoms with E-state index in [9.17, 15) is 4.79 Å². The summed E-state index contributed by atoms with van der Waals surface area (Å²) in [5.41, 5.74) is 0. The van der Waals surface area contributed by atoms with Gasteiger partial charge < -0.3 is 4.74 Å². The number of hydroxylamine groups is 2. The highest BCUT2D eigenvalue weighted by molar-refractivity contribution is 5.66. The quantitative estimate of drug-likeness (QED) is 0.547. The lowest BCUT2D eigenvalue weighted by molar-refractivity contribution is -0.0905. The Morgan fingerprint density at radius 2 is 2.60 bits per heavy atom. The summed E-state index contributed by atoms with van der Waals surface area (Å²) in [6, 6.07) is 0. The monoisotopic (exact) mass is 145 g/mol. The number of rotatable bonds is 1. The van der Waals surface area contributed by atoms with Crippen LogP contribution in [0.1, 0.15) is 13.3 Å². The Hall–Kier alpha value is -0.770. The van der Waals surface area contributed by atoms with Crippen molar-refractivity contribution in [3.05, 3.63) is 0 Å². The van der Waals surface area contributed by atoms with Gasteiger partial charge in [0.15, 0.2) is 0 Å². The molecule has 1 amide bonds. The normalized spacial score (nSPS) is 17.5. The first-order chi connectivity index (χ1) is 4.84. The summed E-state index contributed by atoms with van der Waals surface area (Å²) in [6.45, 7) is 3.45. The fourth-order valence-corrected chi connectivity index (χ4v) is 0.787. The molecule has 1 heterocycles. The Morgan fingerprint density at radius 1 is 1.80 bits per heavy atom. The van der Waals surface area contributed by atoms with Crippen molar-refractivity contribution < 1.29 is 14.4 Å². The van der Waals surface area contributed by atoms with E-state index in [1.807, 2.05) is 0 Å². The van der Waals surface area contributed by atoms with Gasteiger partial charge in [-0.25, -0.2) is 4.79 Å². The summed E-state index contributed by atoms with van der Waals surface area (Å²) < 4.78 is 4.69.